The molecule has 1 atom stereocenters. The molecular formula is C21H28N2O3S2. The highest BCUT2D eigenvalue weighted by Crippen LogP contribution is 2.23. The van der Waals surface area contributed by atoms with Gasteiger partial charge in [-0.2, -0.15) is 0 Å². The van der Waals surface area contributed by atoms with Gasteiger partial charge in [0.25, 0.3) is 0 Å². The first kappa shape index (κ1) is 22.3. The van der Waals surface area contributed by atoms with Crippen molar-refractivity contribution in [3.8, 4) is 0 Å². The summed E-state index contributed by atoms with van der Waals surface area (Å²) in [6.07, 6.45) is 1.52. The van der Waals surface area contributed by atoms with Crippen molar-refractivity contribution < 1.29 is 13.2 Å². The van der Waals surface area contributed by atoms with Crippen LogP contribution < -0.4 is 9.62 Å². The van der Waals surface area contributed by atoms with Gasteiger partial charge in [0.05, 0.1) is 11.9 Å². The number of carbonyl (C=O) groups excluding carboxylic acids is 1. The van der Waals surface area contributed by atoms with E-state index in [-0.39, 0.29) is 5.91 Å². The zero-order valence-electron chi connectivity index (χ0n) is 16.8. The molecule has 28 heavy (non-hydrogen) atoms. The Morgan fingerprint density at radius 3 is 2.07 bits per heavy atom. The molecule has 1 amide bonds. The first-order valence-electron chi connectivity index (χ1n) is 9.25. The van der Waals surface area contributed by atoms with E-state index in [2.05, 4.69) is 29.6 Å². The molecule has 0 saturated carbocycles. The summed E-state index contributed by atoms with van der Waals surface area (Å²) >= 11 is 1.66. The van der Waals surface area contributed by atoms with Crippen LogP contribution >= 0.6 is 11.8 Å². The minimum Gasteiger partial charge on any atom is -0.353 e. The summed E-state index contributed by atoms with van der Waals surface area (Å²) in [5.74, 6) is 0.437. The summed E-state index contributed by atoms with van der Waals surface area (Å²) in [5, 5.41) is 2.88. The Bertz CT molecular complexity index is 879. The molecule has 0 unspecified atom stereocenters. The van der Waals surface area contributed by atoms with Crippen molar-refractivity contribution in [3.63, 3.8) is 0 Å². The highest BCUT2D eigenvalue weighted by atomic mass is 32.2. The van der Waals surface area contributed by atoms with E-state index in [1.165, 1.54) is 9.87 Å². The molecule has 2 aromatic rings. The summed E-state index contributed by atoms with van der Waals surface area (Å²) in [7, 11) is -3.60. The smallest absolute Gasteiger partial charge is 0.243 e. The number of aryl methyl sites for hydroxylation is 2. The van der Waals surface area contributed by atoms with Crippen molar-refractivity contribution in [2.45, 2.75) is 38.1 Å². The molecule has 0 aliphatic carbocycles. The van der Waals surface area contributed by atoms with Crippen LogP contribution in [0.1, 0.15) is 24.5 Å². The molecule has 0 radical (unpaired) electrons. The summed E-state index contributed by atoms with van der Waals surface area (Å²) in [4.78, 5) is 13.9. The number of carbonyl (C=O) groups is 1. The number of anilines is 1. The van der Waals surface area contributed by atoms with Crippen molar-refractivity contribution >= 4 is 33.4 Å². The van der Waals surface area contributed by atoms with Crippen LogP contribution in [-0.4, -0.2) is 38.9 Å². The molecule has 0 aliphatic heterocycles. The predicted octanol–water partition coefficient (Wildman–Crippen LogP) is 3.76. The maximum Gasteiger partial charge on any atom is 0.243 e. The number of thioether (sulfide) groups is 1. The number of rotatable bonds is 9. The second-order valence-corrected chi connectivity index (χ2v) is 9.80. The van der Waals surface area contributed by atoms with Gasteiger partial charge in [0.15, 0.2) is 0 Å². The Balaban J connectivity index is 2.02. The Hall–Kier alpha value is -1.99. The van der Waals surface area contributed by atoms with Gasteiger partial charge >= 0.3 is 0 Å². The largest absolute Gasteiger partial charge is 0.353 e. The van der Waals surface area contributed by atoms with E-state index >= 15 is 0 Å². The molecule has 2 aromatic carbocycles. The molecule has 152 valence electrons. The monoisotopic (exact) mass is 420 g/mol. The SMILES string of the molecule is CC[C@H](C(=O)NCCSc1ccc(C)cc1)N(c1ccc(C)cc1)S(C)(=O)=O. The number of sulfonamides is 1. The topological polar surface area (TPSA) is 66.5 Å². The average Bonchev–Trinajstić information content (AvgIpc) is 2.64. The summed E-state index contributed by atoms with van der Waals surface area (Å²) in [6, 6.07) is 14.6. The van der Waals surface area contributed by atoms with Crippen molar-refractivity contribution in [2.75, 3.05) is 22.9 Å². The van der Waals surface area contributed by atoms with Crippen molar-refractivity contribution in [1.82, 2.24) is 5.32 Å². The van der Waals surface area contributed by atoms with E-state index in [9.17, 15) is 13.2 Å². The lowest BCUT2D eigenvalue weighted by molar-refractivity contribution is -0.122. The van der Waals surface area contributed by atoms with E-state index in [1.807, 2.05) is 32.9 Å². The van der Waals surface area contributed by atoms with Crippen LogP contribution in [0.3, 0.4) is 0 Å². The maximum absolute atomic E-state index is 12.7. The van der Waals surface area contributed by atoms with Gasteiger partial charge in [0.2, 0.25) is 15.9 Å². The first-order chi connectivity index (χ1) is 13.2. The minimum atomic E-state index is -3.60. The van der Waals surface area contributed by atoms with Crippen LogP contribution in [0.2, 0.25) is 0 Å². The van der Waals surface area contributed by atoms with Gasteiger partial charge in [0.1, 0.15) is 6.04 Å². The van der Waals surface area contributed by atoms with Crippen LogP contribution in [0, 0.1) is 13.8 Å². The normalized spacial score (nSPS) is 12.4. The third kappa shape index (κ3) is 6.27. The molecule has 0 bridgehead atoms. The van der Waals surface area contributed by atoms with Crippen molar-refractivity contribution in [3.05, 3.63) is 59.7 Å². The molecule has 0 saturated heterocycles. The summed E-state index contributed by atoms with van der Waals surface area (Å²) < 4.78 is 26.0. The average molecular weight is 421 g/mol. The fraction of sp³-hybridized carbons (Fsp3) is 0.381. The van der Waals surface area contributed by atoms with Gasteiger partial charge in [-0.05, 0) is 44.5 Å². The lowest BCUT2D eigenvalue weighted by Gasteiger charge is -2.30. The second-order valence-electron chi connectivity index (χ2n) is 6.77. The molecule has 0 aromatic heterocycles. The second kappa shape index (κ2) is 9.98. The van der Waals surface area contributed by atoms with Gasteiger partial charge in [0, 0.05) is 17.2 Å². The molecule has 0 fully saturated rings. The number of benzene rings is 2. The molecule has 0 spiro atoms. The number of hydrogen-bond donors (Lipinski definition) is 1. The Kier molecular flexibility index (Phi) is 7.95. The quantitative estimate of drug-likeness (QED) is 0.496. The lowest BCUT2D eigenvalue weighted by Crippen LogP contribution is -2.49. The van der Waals surface area contributed by atoms with Gasteiger partial charge in [-0.25, -0.2) is 8.42 Å². The third-order valence-corrected chi connectivity index (χ3v) is 6.50. The van der Waals surface area contributed by atoms with E-state index in [0.29, 0.717) is 24.4 Å². The van der Waals surface area contributed by atoms with Crippen molar-refractivity contribution in [1.29, 1.82) is 0 Å². The van der Waals surface area contributed by atoms with Gasteiger partial charge in [-0.1, -0.05) is 42.3 Å². The minimum absolute atomic E-state index is 0.280. The molecule has 2 rings (SSSR count). The van der Waals surface area contributed by atoms with Crippen LogP contribution in [0.4, 0.5) is 5.69 Å². The Morgan fingerprint density at radius 2 is 1.57 bits per heavy atom. The third-order valence-electron chi connectivity index (χ3n) is 4.31. The zero-order valence-corrected chi connectivity index (χ0v) is 18.4. The maximum atomic E-state index is 12.7. The van der Waals surface area contributed by atoms with E-state index in [1.54, 1.807) is 23.9 Å². The molecule has 7 heteroatoms. The molecule has 1 N–H and O–H groups in total. The van der Waals surface area contributed by atoms with Gasteiger partial charge < -0.3 is 5.32 Å². The van der Waals surface area contributed by atoms with Crippen LogP contribution in [0.15, 0.2) is 53.4 Å². The summed E-state index contributed by atoms with van der Waals surface area (Å²) in [6.45, 7) is 6.27. The van der Waals surface area contributed by atoms with E-state index in [4.69, 9.17) is 0 Å². The van der Waals surface area contributed by atoms with Crippen LogP contribution in [0.5, 0.6) is 0 Å². The number of amides is 1. The number of nitrogens with one attached hydrogen (secondary N) is 1. The standard InChI is InChI=1S/C21H28N2O3S2/c1-5-20(23(28(4,25)26)18-10-6-16(2)7-11-18)21(24)22-14-15-27-19-12-8-17(3)9-13-19/h6-13,20H,5,14-15H2,1-4H3,(H,22,24)/t20-/m1/s1. The van der Waals surface area contributed by atoms with E-state index in [0.717, 1.165) is 16.7 Å². The fourth-order valence-corrected chi connectivity index (χ4v) is 4.83. The van der Waals surface area contributed by atoms with Crippen LogP contribution in [0.25, 0.3) is 0 Å². The Morgan fingerprint density at radius 1 is 1.04 bits per heavy atom. The van der Waals surface area contributed by atoms with Crippen molar-refractivity contribution in [2.24, 2.45) is 0 Å². The molecule has 0 aliphatic rings. The van der Waals surface area contributed by atoms with Gasteiger partial charge in [-0.3, -0.25) is 9.10 Å². The molecular weight excluding hydrogens is 392 g/mol. The molecule has 5 nitrogen and oxygen atoms in total. The van der Waals surface area contributed by atoms with Crippen LogP contribution in [-0.2, 0) is 14.8 Å². The predicted molar refractivity (Wildman–Crippen MR) is 117 cm³/mol. The number of nitrogens with zero attached hydrogens (tertiary/aromatic N) is 1. The fourth-order valence-electron chi connectivity index (χ4n) is 2.85. The summed E-state index contributed by atoms with van der Waals surface area (Å²) in [5.41, 5.74) is 2.74. The van der Waals surface area contributed by atoms with Gasteiger partial charge in [-0.15, -0.1) is 11.8 Å². The Labute approximate surface area is 172 Å². The molecule has 0 heterocycles. The lowest BCUT2D eigenvalue weighted by atomic mass is 10.1. The van der Waals surface area contributed by atoms with E-state index < -0.39 is 16.1 Å². The highest BCUT2D eigenvalue weighted by molar-refractivity contribution is 7.99. The first-order valence-corrected chi connectivity index (χ1v) is 12.1. The highest BCUT2D eigenvalue weighted by Gasteiger charge is 2.31. The number of hydrogen-bond acceptors (Lipinski definition) is 4. The zero-order chi connectivity index (χ0) is 20.7.